The molecule has 0 aliphatic heterocycles. The fraction of sp³-hybridized carbons (Fsp3) is 0.323. The van der Waals surface area contributed by atoms with E-state index in [-0.39, 0.29) is 10.8 Å². The molecular formula is C31H31NO2. The number of pyridine rings is 1. The van der Waals surface area contributed by atoms with Crippen LogP contribution in [-0.4, -0.2) is 4.98 Å². The van der Waals surface area contributed by atoms with Crippen LogP contribution in [0.5, 0.6) is 0 Å². The average molecular weight is 450 g/mol. The maximum absolute atomic E-state index is 6.82. The zero-order chi connectivity index (χ0) is 23.8. The van der Waals surface area contributed by atoms with Gasteiger partial charge in [0.1, 0.15) is 22.3 Å². The van der Waals surface area contributed by atoms with Crippen LogP contribution in [0.1, 0.15) is 52.7 Å². The van der Waals surface area contributed by atoms with Gasteiger partial charge in [0.2, 0.25) is 0 Å². The largest absolute Gasteiger partial charge is 0.455 e. The van der Waals surface area contributed by atoms with Crippen molar-refractivity contribution in [1.29, 1.82) is 0 Å². The quantitative estimate of drug-likeness (QED) is 0.264. The van der Waals surface area contributed by atoms with Gasteiger partial charge in [-0.2, -0.15) is 0 Å². The third kappa shape index (κ3) is 3.46. The average Bonchev–Trinajstić information content (AvgIpc) is 3.05. The molecule has 3 heterocycles. The summed E-state index contributed by atoms with van der Waals surface area (Å²) in [6.45, 7) is 13.6. The number of furan rings is 1. The number of nitrogens with zero attached hydrogens (tertiary/aromatic N) is 1. The molecule has 0 saturated carbocycles. The highest BCUT2D eigenvalue weighted by Gasteiger charge is 2.23. The Balaban J connectivity index is 1.85. The topological polar surface area (TPSA) is 39.2 Å². The third-order valence-corrected chi connectivity index (χ3v) is 6.50. The highest BCUT2D eigenvalue weighted by molar-refractivity contribution is 6.29. The van der Waals surface area contributed by atoms with Crippen LogP contribution >= 0.6 is 0 Å². The Morgan fingerprint density at radius 3 is 2.09 bits per heavy atom. The summed E-state index contributed by atoms with van der Waals surface area (Å²) in [5, 5.41) is 5.50. The van der Waals surface area contributed by atoms with Crippen LogP contribution in [0, 0.1) is 10.8 Å². The van der Waals surface area contributed by atoms with Crippen molar-refractivity contribution in [2.24, 2.45) is 10.8 Å². The molecule has 3 aromatic heterocycles. The first-order valence-electron chi connectivity index (χ1n) is 12.1. The molecule has 0 aliphatic carbocycles. The molecule has 6 rings (SSSR count). The molecule has 0 unspecified atom stereocenters. The normalized spacial score (nSPS) is 13.2. The number of rotatable bonds is 2. The highest BCUT2D eigenvalue weighted by Crippen LogP contribution is 2.44. The first-order chi connectivity index (χ1) is 16.1. The second-order valence-corrected chi connectivity index (χ2v) is 12.1. The minimum absolute atomic E-state index is 0.129. The van der Waals surface area contributed by atoms with Crippen LogP contribution < -0.4 is 0 Å². The summed E-state index contributed by atoms with van der Waals surface area (Å²) in [5.41, 5.74) is 7.14. The zero-order valence-corrected chi connectivity index (χ0v) is 20.9. The minimum atomic E-state index is 0.129. The van der Waals surface area contributed by atoms with Crippen molar-refractivity contribution in [1.82, 2.24) is 4.98 Å². The van der Waals surface area contributed by atoms with Gasteiger partial charge in [-0.25, -0.2) is 0 Å². The fourth-order valence-electron chi connectivity index (χ4n) is 5.35. The van der Waals surface area contributed by atoms with Crippen molar-refractivity contribution < 1.29 is 8.83 Å². The molecule has 0 fully saturated rings. The van der Waals surface area contributed by atoms with Crippen molar-refractivity contribution in [3.63, 3.8) is 0 Å². The summed E-state index contributed by atoms with van der Waals surface area (Å²) < 4.78 is 13.4. The molecule has 34 heavy (non-hydrogen) atoms. The lowest BCUT2D eigenvalue weighted by atomic mass is 9.88. The number of fused-ring (bicyclic) bond motifs is 4. The van der Waals surface area contributed by atoms with Crippen molar-refractivity contribution in [3.05, 3.63) is 65.9 Å². The molecule has 0 aliphatic rings. The first kappa shape index (κ1) is 21.2. The molecule has 172 valence electrons. The van der Waals surface area contributed by atoms with Gasteiger partial charge >= 0.3 is 0 Å². The molecule has 0 saturated heterocycles. The molecule has 3 aromatic carbocycles. The molecular weight excluding hydrogens is 418 g/mol. The van der Waals surface area contributed by atoms with Crippen molar-refractivity contribution in [3.8, 4) is 0 Å². The molecule has 0 bridgehead atoms. The molecule has 0 amide bonds. The molecule has 3 heteroatoms. The van der Waals surface area contributed by atoms with Gasteiger partial charge in [0.05, 0.1) is 5.39 Å². The van der Waals surface area contributed by atoms with Gasteiger partial charge in [-0.15, -0.1) is 0 Å². The molecule has 3 nitrogen and oxygen atoms in total. The lowest BCUT2D eigenvalue weighted by Gasteiger charge is -2.18. The smallest absolute Gasteiger partial charge is 0.156 e. The SMILES string of the molecule is CC(C)(C)Cc1cc2oc3c(CC(C)(C)C)ccnc3c3cc4ccccc4c4oc(c1)c2c34. The summed E-state index contributed by atoms with van der Waals surface area (Å²) in [7, 11) is 0. The van der Waals surface area contributed by atoms with Crippen LogP contribution in [-0.2, 0) is 12.8 Å². The molecule has 0 radical (unpaired) electrons. The van der Waals surface area contributed by atoms with Gasteiger partial charge in [0.25, 0.3) is 0 Å². The first-order valence-corrected chi connectivity index (χ1v) is 12.1. The standard InChI is InChI=1S/C31H31NO2/c1-30(2,3)16-18-13-23-26-24(14-18)34-29-21-10-8-7-9-19(21)15-22(25(26)29)27-28(33-23)20(11-12-32-27)17-31(4,5)6/h7-15H,16-17H2,1-6H3. The molecule has 0 N–H and O–H groups in total. The van der Waals surface area contributed by atoms with Gasteiger partial charge in [-0.3, -0.25) is 4.98 Å². The maximum atomic E-state index is 6.82. The van der Waals surface area contributed by atoms with Gasteiger partial charge in [0.15, 0.2) is 5.58 Å². The van der Waals surface area contributed by atoms with Crippen LogP contribution in [0.25, 0.3) is 54.8 Å². The van der Waals surface area contributed by atoms with Crippen LogP contribution in [0.15, 0.2) is 63.6 Å². The fourth-order valence-corrected chi connectivity index (χ4v) is 5.35. The van der Waals surface area contributed by atoms with Gasteiger partial charge in [-0.1, -0.05) is 65.8 Å². The monoisotopic (exact) mass is 449 g/mol. The summed E-state index contributed by atoms with van der Waals surface area (Å²) >= 11 is 0. The van der Waals surface area contributed by atoms with Crippen LogP contribution in [0.4, 0.5) is 0 Å². The predicted molar refractivity (Wildman–Crippen MR) is 143 cm³/mol. The van der Waals surface area contributed by atoms with Crippen molar-refractivity contribution in [2.45, 2.75) is 54.4 Å². The molecule has 0 atom stereocenters. The van der Waals surface area contributed by atoms with E-state index in [0.29, 0.717) is 0 Å². The highest BCUT2D eigenvalue weighted by atomic mass is 16.3. The summed E-state index contributed by atoms with van der Waals surface area (Å²) in [6, 6.07) is 17.2. The van der Waals surface area contributed by atoms with E-state index in [0.717, 1.165) is 67.6 Å². The summed E-state index contributed by atoms with van der Waals surface area (Å²) in [5.74, 6) is 0. The Hall–Kier alpha value is -3.33. The van der Waals surface area contributed by atoms with E-state index in [1.807, 2.05) is 6.20 Å². The second kappa shape index (κ2) is 7.09. The van der Waals surface area contributed by atoms with Crippen LogP contribution in [0.2, 0.25) is 0 Å². The number of aromatic nitrogens is 1. The summed E-state index contributed by atoms with van der Waals surface area (Å²) in [6.07, 6.45) is 3.77. The Morgan fingerprint density at radius 1 is 0.706 bits per heavy atom. The zero-order valence-electron chi connectivity index (χ0n) is 20.9. The summed E-state index contributed by atoms with van der Waals surface area (Å²) in [4.78, 5) is 4.87. The minimum Gasteiger partial charge on any atom is -0.455 e. The van der Waals surface area contributed by atoms with E-state index in [1.54, 1.807) is 0 Å². The van der Waals surface area contributed by atoms with E-state index in [4.69, 9.17) is 13.8 Å². The second-order valence-electron chi connectivity index (χ2n) is 12.1. The number of hydrogen-bond donors (Lipinski definition) is 0. The molecule has 6 aromatic rings. The van der Waals surface area contributed by atoms with Crippen LogP contribution in [0.3, 0.4) is 0 Å². The van der Waals surface area contributed by atoms with Crippen molar-refractivity contribution >= 4 is 54.8 Å². The van der Waals surface area contributed by atoms with Gasteiger partial charge < -0.3 is 8.83 Å². The Kier molecular flexibility index (Phi) is 4.42. The lowest BCUT2D eigenvalue weighted by Crippen LogP contribution is -2.09. The number of benzene rings is 3. The van der Waals surface area contributed by atoms with E-state index >= 15 is 0 Å². The lowest BCUT2D eigenvalue weighted by molar-refractivity contribution is 0.409. The predicted octanol–water partition coefficient (Wildman–Crippen LogP) is 9.21. The van der Waals surface area contributed by atoms with Gasteiger partial charge in [-0.05, 0) is 64.5 Å². The maximum Gasteiger partial charge on any atom is 0.156 e. The van der Waals surface area contributed by atoms with Crippen molar-refractivity contribution in [2.75, 3.05) is 0 Å². The van der Waals surface area contributed by atoms with E-state index < -0.39 is 0 Å². The molecule has 0 spiro atoms. The van der Waals surface area contributed by atoms with E-state index in [2.05, 4.69) is 90.1 Å². The Bertz CT molecular complexity index is 1720. The third-order valence-electron chi connectivity index (χ3n) is 6.50. The van der Waals surface area contributed by atoms with E-state index in [9.17, 15) is 0 Å². The Morgan fingerprint density at radius 2 is 1.38 bits per heavy atom. The van der Waals surface area contributed by atoms with Gasteiger partial charge in [0, 0.05) is 22.4 Å². The number of hydrogen-bond acceptors (Lipinski definition) is 3. The Labute approximate surface area is 199 Å². The van der Waals surface area contributed by atoms with E-state index in [1.165, 1.54) is 11.1 Å².